The zero-order valence-corrected chi connectivity index (χ0v) is 19.9. The number of nitrogens with one attached hydrogen (secondary N) is 2. The van der Waals surface area contributed by atoms with E-state index in [1.54, 1.807) is 0 Å². The number of amides is 2. The van der Waals surface area contributed by atoms with Gasteiger partial charge in [-0.05, 0) is 49.3 Å². The van der Waals surface area contributed by atoms with Gasteiger partial charge < -0.3 is 15.4 Å². The van der Waals surface area contributed by atoms with Crippen molar-refractivity contribution in [2.24, 2.45) is 5.92 Å². The molecule has 1 aliphatic rings. The molecule has 2 aromatic rings. The highest BCUT2D eigenvalue weighted by molar-refractivity contribution is 5.96. The molecule has 0 aromatic heterocycles. The second-order valence-corrected chi connectivity index (χ2v) is 9.11. The third-order valence-electron chi connectivity index (χ3n) is 5.78. The fourth-order valence-electron chi connectivity index (χ4n) is 3.95. The van der Waals surface area contributed by atoms with Crippen LogP contribution in [0.3, 0.4) is 0 Å². The van der Waals surface area contributed by atoms with Gasteiger partial charge in [0.2, 0.25) is 5.91 Å². The standard InChI is InChI=1S/C27H37N3O3/c1-21(2)14-16-29-27(32)23-12-9-13-25-24(23)19-30(18-22-10-5-3-6-11-22)20-26(31)28-15-7-4-8-17-33-25/h3,5-6,9-13,21H,4,7-8,14-20H2,1-2H3,(H,28,31)(H,29,32). The highest BCUT2D eigenvalue weighted by Gasteiger charge is 2.21. The average molecular weight is 452 g/mol. The second-order valence-electron chi connectivity index (χ2n) is 9.11. The van der Waals surface area contributed by atoms with Crippen molar-refractivity contribution in [3.05, 3.63) is 65.2 Å². The number of ether oxygens (including phenoxy) is 1. The van der Waals surface area contributed by atoms with Crippen molar-refractivity contribution in [2.75, 3.05) is 26.2 Å². The molecule has 0 aliphatic carbocycles. The topological polar surface area (TPSA) is 70.7 Å². The van der Waals surface area contributed by atoms with E-state index in [9.17, 15) is 9.59 Å². The van der Waals surface area contributed by atoms with Crippen LogP contribution in [0.25, 0.3) is 0 Å². The summed E-state index contributed by atoms with van der Waals surface area (Å²) >= 11 is 0. The first-order valence-electron chi connectivity index (χ1n) is 12.1. The lowest BCUT2D eigenvalue weighted by molar-refractivity contribution is -0.122. The van der Waals surface area contributed by atoms with Gasteiger partial charge in [-0.25, -0.2) is 0 Å². The van der Waals surface area contributed by atoms with E-state index in [0.717, 1.165) is 42.6 Å². The lowest BCUT2D eigenvalue weighted by Crippen LogP contribution is -2.37. The van der Waals surface area contributed by atoms with Gasteiger partial charge in [0.15, 0.2) is 0 Å². The molecule has 0 saturated heterocycles. The maximum absolute atomic E-state index is 13.1. The van der Waals surface area contributed by atoms with Crippen LogP contribution >= 0.6 is 0 Å². The second kappa shape index (κ2) is 13.0. The summed E-state index contributed by atoms with van der Waals surface area (Å²) in [5, 5.41) is 6.09. The monoisotopic (exact) mass is 451 g/mol. The largest absolute Gasteiger partial charge is 0.493 e. The van der Waals surface area contributed by atoms with Crippen LogP contribution in [0.15, 0.2) is 48.5 Å². The van der Waals surface area contributed by atoms with Crippen LogP contribution in [0.5, 0.6) is 5.75 Å². The maximum atomic E-state index is 13.1. The molecular formula is C27H37N3O3. The normalized spacial score (nSPS) is 15.9. The van der Waals surface area contributed by atoms with Crippen molar-refractivity contribution in [1.82, 2.24) is 15.5 Å². The third kappa shape index (κ3) is 8.21. The molecule has 0 bridgehead atoms. The molecule has 0 spiro atoms. The highest BCUT2D eigenvalue weighted by Crippen LogP contribution is 2.26. The quantitative estimate of drug-likeness (QED) is 0.692. The van der Waals surface area contributed by atoms with Gasteiger partial charge in [0.25, 0.3) is 5.91 Å². The molecule has 0 saturated carbocycles. The van der Waals surface area contributed by atoms with Crippen molar-refractivity contribution in [1.29, 1.82) is 0 Å². The zero-order valence-electron chi connectivity index (χ0n) is 19.9. The number of carbonyl (C=O) groups is 2. The summed E-state index contributed by atoms with van der Waals surface area (Å²) in [6.07, 6.45) is 3.75. The fraction of sp³-hybridized carbons (Fsp3) is 0.481. The van der Waals surface area contributed by atoms with Gasteiger partial charge in [-0.3, -0.25) is 14.5 Å². The molecule has 0 unspecified atom stereocenters. The van der Waals surface area contributed by atoms with Gasteiger partial charge in [0.1, 0.15) is 5.75 Å². The van der Waals surface area contributed by atoms with Crippen LogP contribution in [-0.4, -0.2) is 43.0 Å². The summed E-state index contributed by atoms with van der Waals surface area (Å²) in [5.74, 6) is 1.16. The van der Waals surface area contributed by atoms with Crippen molar-refractivity contribution in [3.8, 4) is 5.75 Å². The van der Waals surface area contributed by atoms with Gasteiger partial charge in [-0.2, -0.15) is 0 Å². The number of benzene rings is 2. The number of carbonyl (C=O) groups excluding carboxylic acids is 2. The predicted molar refractivity (Wildman–Crippen MR) is 131 cm³/mol. The summed E-state index contributed by atoms with van der Waals surface area (Å²) in [6.45, 7) is 7.51. The Kier molecular flexibility index (Phi) is 9.76. The van der Waals surface area contributed by atoms with Crippen molar-refractivity contribution in [3.63, 3.8) is 0 Å². The van der Waals surface area contributed by atoms with E-state index in [0.29, 0.717) is 44.3 Å². The van der Waals surface area contributed by atoms with Crippen LogP contribution in [0, 0.1) is 5.92 Å². The van der Waals surface area contributed by atoms with E-state index in [1.165, 1.54) is 0 Å². The Hall–Kier alpha value is -2.86. The first-order chi connectivity index (χ1) is 16.0. The predicted octanol–water partition coefficient (Wildman–Crippen LogP) is 4.14. The van der Waals surface area contributed by atoms with Gasteiger partial charge in [0.05, 0.1) is 13.2 Å². The molecule has 1 heterocycles. The van der Waals surface area contributed by atoms with Gasteiger partial charge in [-0.1, -0.05) is 50.2 Å². The Balaban J connectivity index is 1.89. The average Bonchev–Trinajstić information content (AvgIpc) is 2.80. The van der Waals surface area contributed by atoms with E-state index >= 15 is 0 Å². The van der Waals surface area contributed by atoms with Crippen LogP contribution < -0.4 is 15.4 Å². The molecule has 2 amide bonds. The molecule has 0 fully saturated rings. The Labute approximate surface area is 197 Å². The number of nitrogens with zero attached hydrogens (tertiary/aromatic N) is 1. The summed E-state index contributed by atoms with van der Waals surface area (Å²) < 4.78 is 6.15. The van der Waals surface area contributed by atoms with E-state index in [4.69, 9.17) is 4.74 Å². The van der Waals surface area contributed by atoms with Gasteiger partial charge in [-0.15, -0.1) is 0 Å². The third-order valence-corrected chi connectivity index (χ3v) is 5.78. The summed E-state index contributed by atoms with van der Waals surface area (Å²) in [6, 6.07) is 15.8. The highest BCUT2D eigenvalue weighted by atomic mass is 16.5. The molecule has 2 aromatic carbocycles. The smallest absolute Gasteiger partial charge is 0.251 e. The molecule has 1 aliphatic heterocycles. The van der Waals surface area contributed by atoms with Gasteiger partial charge in [0, 0.05) is 37.3 Å². The molecular weight excluding hydrogens is 414 g/mol. The zero-order chi connectivity index (χ0) is 23.5. The first kappa shape index (κ1) is 24.8. The molecule has 178 valence electrons. The van der Waals surface area contributed by atoms with E-state index < -0.39 is 0 Å². The fourth-order valence-corrected chi connectivity index (χ4v) is 3.95. The lowest BCUT2D eigenvalue weighted by Gasteiger charge is -2.25. The van der Waals surface area contributed by atoms with Crippen LogP contribution in [0.2, 0.25) is 0 Å². The summed E-state index contributed by atoms with van der Waals surface area (Å²) in [4.78, 5) is 27.8. The van der Waals surface area contributed by atoms with Gasteiger partial charge >= 0.3 is 0 Å². The van der Waals surface area contributed by atoms with Crippen molar-refractivity contribution < 1.29 is 14.3 Å². The van der Waals surface area contributed by atoms with Crippen LogP contribution in [0.1, 0.15) is 61.0 Å². The van der Waals surface area contributed by atoms with Crippen molar-refractivity contribution in [2.45, 2.75) is 52.6 Å². The number of fused-ring (bicyclic) bond motifs is 1. The molecule has 2 N–H and O–H groups in total. The van der Waals surface area contributed by atoms with E-state index in [2.05, 4.69) is 41.5 Å². The minimum Gasteiger partial charge on any atom is -0.493 e. The Bertz CT molecular complexity index is 899. The molecule has 6 nitrogen and oxygen atoms in total. The molecule has 3 rings (SSSR count). The summed E-state index contributed by atoms with van der Waals surface area (Å²) in [5.41, 5.74) is 2.57. The van der Waals surface area contributed by atoms with Crippen LogP contribution in [-0.2, 0) is 17.9 Å². The molecule has 33 heavy (non-hydrogen) atoms. The van der Waals surface area contributed by atoms with Crippen molar-refractivity contribution >= 4 is 11.8 Å². The maximum Gasteiger partial charge on any atom is 0.251 e. The SMILES string of the molecule is CC(C)CCNC(=O)c1cccc2c1CN(Cc1ccccc1)CC(=O)NCCCCCO2. The molecule has 0 atom stereocenters. The number of hydrogen-bond donors (Lipinski definition) is 2. The Morgan fingerprint density at radius 2 is 1.88 bits per heavy atom. The summed E-state index contributed by atoms with van der Waals surface area (Å²) in [7, 11) is 0. The Morgan fingerprint density at radius 3 is 2.67 bits per heavy atom. The lowest BCUT2D eigenvalue weighted by atomic mass is 10.0. The van der Waals surface area contributed by atoms with E-state index in [1.807, 2.05) is 36.4 Å². The Morgan fingerprint density at radius 1 is 1.06 bits per heavy atom. The molecule has 0 radical (unpaired) electrons. The van der Waals surface area contributed by atoms with Crippen LogP contribution in [0.4, 0.5) is 0 Å². The minimum absolute atomic E-state index is 0.00603. The number of rotatable bonds is 6. The first-order valence-corrected chi connectivity index (χ1v) is 12.1. The van der Waals surface area contributed by atoms with E-state index in [-0.39, 0.29) is 18.4 Å². The minimum atomic E-state index is -0.0930. The number of hydrogen-bond acceptors (Lipinski definition) is 4. The molecule has 6 heteroatoms.